The van der Waals surface area contributed by atoms with Crippen molar-refractivity contribution in [1.82, 2.24) is 10.6 Å². The first-order chi connectivity index (χ1) is 16.9. The average molecular weight is 483 g/mol. The summed E-state index contributed by atoms with van der Waals surface area (Å²) in [5, 5.41) is 14.6. The Bertz CT molecular complexity index is 979. The Kier molecular flexibility index (Phi) is 9.66. The normalized spacial score (nSPS) is 13.9. The van der Waals surface area contributed by atoms with Crippen molar-refractivity contribution in [2.75, 3.05) is 20.3 Å². The lowest BCUT2D eigenvalue weighted by Gasteiger charge is -2.23. The molecule has 1 aliphatic carbocycles. The van der Waals surface area contributed by atoms with Gasteiger partial charge in [0.05, 0.1) is 6.42 Å². The van der Waals surface area contributed by atoms with Crippen molar-refractivity contribution < 1.29 is 29.0 Å². The molecule has 2 amide bonds. The number of benzene rings is 2. The number of carbonyl (C=O) groups is 3. The highest BCUT2D eigenvalue weighted by molar-refractivity contribution is 5.86. The second kappa shape index (κ2) is 12.9. The number of hydrogen-bond donors (Lipinski definition) is 3. The van der Waals surface area contributed by atoms with Gasteiger partial charge in [-0.2, -0.15) is 0 Å². The van der Waals surface area contributed by atoms with E-state index in [1.54, 1.807) is 7.11 Å². The SMILES string of the molecule is CCC[C@H](CC(=O)O)NC(=O)C(CCCOC)NC(=O)OCC1c2ccccc2-c2ccccc21. The predicted molar refractivity (Wildman–Crippen MR) is 132 cm³/mol. The molecule has 0 heterocycles. The third-order valence-corrected chi connectivity index (χ3v) is 6.20. The highest BCUT2D eigenvalue weighted by Crippen LogP contribution is 2.44. The first-order valence-electron chi connectivity index (χ1n) is 12.1. The monoisotopic (exact) mass is 482 g/mol. The summed E-state index contributed by atoms with van der Waals surface area (Å²) < 4.78 is 10.7. The summed E-state index contributed by atoms with van der Waals surface area (Å²) in [5.74, 6) is -1.49. The number of ether oxygens (including phenoxy) is 2. The molecule has 2 aromatic rings. The summed E-state index contributed by atoms with van der Waals surface area (Å²) in [7, 11) is 1.57. The summed E-state index contributed by atoms with van der Waals surface area (Å²) in [4.78, 5) is 36.8. The number of rotatable bonds is 13. The van der Waals surface area contributed by atoms with Crippen LogP contribution in [-0.4, -0.2) is 55.5 Å². The molecule has 0 saturated heterocycles. The molecule has 1 aliphatic rings. The highest BCUT2D eigenvalue weighted by Gasteiger charge is 2.30. The summed E-state index contributed by atoms with van der Waals surface area (Å²) in [6.45, 7) is 2.50. The van der Waals surface area contributed by atoms with Crippen LogP contribution in [0.2, 0.25) is 0 Å². The van der Waals surface area contributed by atoms with Crippen LogP contribution in [0.4, 0.5) is 4.79 Å². The van der Waals surface area contributed by atoms with E-state index in [1.807, 2.05) is 43.3 Å². The summed E-state index contributed by atoms with van der Waals surface area (Å²) in [6.07, 6.45) is 1.30. The minimum Gasteiger partial charge on any atom is -0.481 e. The number of carboxylic acid groups (broad SMARTS) is 1. The number of aliphatic carboxylic acids is 1. The Morgan fingerprint density at radius 1 is 0.971 bits per heavy atom. The average Bonchev–Trinajstić information content (AvgIpc) is 3.15. The van der Waals surface area contributed by atoms with E-state index < -0.39 is 30.1 Å². The number of carbonyl (C=O) groups excluding carboxylic acids is 2. The number of fused-ring (bicyclic) bond motifs is 3. The van der Waals surface area contributed by atoms with Gasteiger partial charge in [-0.25, -0.2) is 4.79 Å². The Morgan fingerprint density at radius 3 is 2.17 bits per heavy atom. The minimum atomic E-state index is -0.982. The first kappa shape index (κ1) is 26.2. The lowest BCUT2D eigenvalue weighted by atomic mass is 9.98. The zero-order chi connectivity index (χ0) is 25.2. The van der Waals surface area contributed by atoms with Crippen LogP contribution in [-0.2, 0) is 19.1 Å². The van der Waals surface area contributed by atoms with Crippen LogP contribution < -0.4 is 10.6 Å². The fourth-order valence-electron chi connectivity index (χ4n) is 4.57. The number of carboxylic acids is 1. The maximum Gasteiger partial charge on any atom is 0.407 e. The molecule has 0 radical (unpaired) electrons. The summed E-state index contributed by atoms with van der Waals surface area (Å²) in [6, 6.07) is 14.8. The fourth-order valence-corrected chi connectivity index (χ4v) is 4.57. The van der Waals surface area contributed by atoms with E-state index in [4.69, 9.17) is 14.6 Å². The maximum absolute atomic E-state index is 12.9. The Morgan fingerprint density at radius 2 is 1.60 bits per heavy atom. The molecule has 35 heavy (non-hydrogen) atoms. The van der Waals surface area contributed by atoms with E-state index in [1.165, 1.54) is 0 Å². The lowest BCUT2D eigenvalue weighted by molar-refractivity contribution is -0.137. The maximum atomic E-state index is 12.9. The molecule has 0 fully saturated rings. The van der Waals surface area contributed by atoms with E-state index >= 15 is 0 Å². The highest BCUT2D eigenvalue weighted by atomic mass is 16.5. The van der Waals surface area contributed by atoms with Crippen molar-refractivity contribution in [2.24, 2.45) is 0 Å². The van der Waals surface area contributed by atoms with Gasteiger partial charge in [0.15, 0.2) is 0 Å². The van der Waals surface area contributed by atoms with E-state index in [-0.39, 0.29) is 18.9 Å². The van der Waals surface area contributed by atoms with E-state index in [0.717, 1.165) is 28.7 Å². The Hall–Kier alpha value is -3.39. The van der Waals surface area contributed by atoms with Gasteiger partial charge in [-0.1, -0.05) is 61.9 Å². The molecular formula is C27H34N2O6. The molecular weight excluding hydrogens is 448 g/mol. The molecule has 8 heteroatoms. The van der Waals surface area contributed by atoms with Gasteiger partial charge >= 0.3 is 12.1 Å². The van der Waals surface area contributed by atoms with E-state index in [0.29, 0.717) is 25.9 Å². The van der Waals surface area contributed by atoms with Crippen molar-refractivity contribution in [3.05, 3.63) is 59.7 Å². The van der Waals surface area contributed by atoms with Gasteiger partial charge in [-0.15, -0.1) is 0 Å². The molecule has 8 nitrogen and oxygen atoms in total. The zero-order valence-electron chi connectivity index (χ0n) is 20.3. The van der Waals surface area contributed by atoms with Crippen LogP contribution in [0.3, 0.4) is 0 Å². The van der Waals surface area contributed by atoms with Gasteiger partial charge in [0.2, 0.25) is 5.91 Å². The molecule has 2 atom stereocenters. The third kappa shape index (κ3) is 7.05. The standard InChI is InChI=1S/C27H34N2O6/c1-3-9-18(16-25(30)31)28-26(32)24(14-8-15-34-2)29-27(33)35-17-23-21-12-6-4-10-19(21)20-11-5-7-13-22(20)23/h4-7,10-13,18,23-24H,3,8-9,14-17H2,1-2H3,(H,28,32)(H,29,33)(H,30,31)/t18-,24?/m1/s1. The molecule has 3 rings (SSSR count). The quantitative estimate of drug-likeness (QED) is 0.371. The molecule has 0 aromatic heterocycles. The number of nitrogens with one attached hydrogen (secondary N) is 2. The van der Waals surface area contributed by atoms with Gasteiger partial charge in [0, 0.05) is 25.7 Å². The van der Waals surface area contributed by atoms with E-state index in [9.17, 15) is 14.4 Å². The van der Waals surface area contributed by atoms with Crippen molar-refractivity contribution in [1.29, 1.82) is 0 Å². The Balaban J connectivity index is 1.64. The van der Waals surface area contributed by atoms with Crippen LogP contribution in [0.15, 0.2) is 48.5 Å². The summed E-state index contributed by atoms with van der Waals surface area (Å²) in [5.41, 5.74) is 4.47. The Labute approximate surface area is 206 Å². The van der Waals surface area contributed by atoms with Gasteiger partial charge < -0.3 is 25.2 Å². The van der Waals surface area contributed by atoms with Crippen LogP contribution >= 0.6 is 0 Å². The van der Waals surface area contributed by atoms with E-state index in [2.05, 4.69) is 22.8 Å². The van der Waals surface area contributed by atoms with Crippen molar-refractivity contribution >= 4 is 18.0 Å². The zero-order valence-corrected chi connectivity index (χ0v) is 20.3. The number of methoxy groups -OCH3 is 1. The van der Waals surface area contributed by atoms with Crippen LogP contribution in [0, 0.1) is 0 Å². The smallest absolute Gasteiger partial charge is 0.407 e. The van der Waals surface area contributed by atoms with Gasteiger partial charge in [0.25, 0.3) is 0 Å². The van der Waals surface area contributed by atoms with Gasteiger partial charge in [-0.3, -0.25) is 9.59 Å². The van der Waals surface area contributed by atoms with Gasteiger partial charge in [0.1, 0.15) is 12.6 Å². The molecule has 1 unspecified atom stereocenters. The van der Waals surface area contributed by atoms with Crippen LogP contribution in [0.5, 0.6) is 0 Å². The second-order valence-corrected chi connectivity index (χ2v) is 8.75. The van der Waals surface area contributed by atoms with Crippen molar-refractivity contribution in [2.45, 2.75) is 57.0 Å². The predicted octanol–water partition coefficient (Wildman–Crippen LogP) is 4.08. The fraction of sp³-hybridized carbons (Fsp3) is 0.444. The molecule has 3 N–H and O–H groups in total. The number of hydrogen-bond acceptors (Lipinski definition) is 5. The molecule has 2 aromatic carbocycles. The molecule has 188 valence electrons. The lowest BCUT2D eigenvalue weighted by Crippen LogP contribution is -2.50. The third-order valence-electron chi connectivity index (χ3n) is 6.20. The van der Waals surface area contributed by atoms with Crippen molar-refractivity contribution in [3.8, 4) is 11.1 Å². The molecule has 0 aliphatic heterocycles. The van der Waals surface area contributed by atoms with Crippen LogP contribution in [0.1, 0.15) is 56.1 Å². The molecule has 0 spiro atoms. The van der Waals surface area contributed by atoms with Crippen molar-refractivity contribution in [3.63, 3.8) is 0 Å². The second-order valence-electron chi connectivity index (χ2n) is 8.75. The largest absolute Gasteiger partial charge is 0.481 e. The number of alkyl carbamates (subject to hydrolysis) is 1. The topological polar surface area (TPSA) is 114 Å². The minimum absolute atomic E-state index is 0.0848. The summed E-state index contributed by atoms with van der Waals surface area (Å²) >= 11 is 0. The van der Waals surface area contributed by atoms with Gasteiger partial charge in [-0.05, 0) is 41.5 Å². The molecule has 0 saturated carbocycles. The van der Waals surface area contributed by atoms with Crippen LogP contribution in [0.25, 0.3) is 11.1 Å². The molecule has 0 bridgehead atoms. The number of amides is 2. The first-order valence-corrected chi connectivity index (χ1v) is 12.1.